The molecule has 1 amide bonds. The van der Waals surface area contributed by atoms with E-state index in [2.05, 4.69) is 25.9 Å². The van der Waals surface area contributed by atoms with Crippen LogP contribution in [-0.2, 0) is 0 Å². The molecule has 0 aliphatic heterocycles. The van der Waals surface area contributed by atoms with Crippen LogP contribution in [-0.4, -0.2) is 50.2 Å². The zero-order chi connectivity index (χ0) is 22.0. The van der Waals surface area contributed by atoms with Gasteiger partial charge in [0.25, 0.3) is 5.91 Å². The Balaban J connectivity index is 1.55. The number of nitrogens with zero attached hydrogens (tertiary/aromatic N) is 4. The Kier molecular flexibility index (Phi) is 6.00. The Morgan fingerprint density at radius 3 is 2.87 bits per heavy atom. The molecular formula is C19H22N6O5S. The van der Waals surface area contributed by atoms with Crippen LogP contribution in [0.15, 0.2) is 27.5 Å². The lowest BCUT2D eigenvalue weighted by atomic mass is 9.92. The topological polar surface area (TPSA) is 144 Å². The fourth-order valence-corrected chi connectivity index (χ4v) is 4.21. The van der Waals surface area contributed by atoms with Crippen molar-refractivity contribution in [2.45, 2.75) is 44.8 Å². The Labute approximate surface area is 181 Å². The largest absolute Gasteiger partial charge is 0.488 e. The van der Waals surface area contributed by atoms with Crippen LogP contribution in [0.2, 0.25) is 0 Å². The molecule has 0 radical (unpaired) electrons. The molecule has 0 unspecified atom stereocenters. The molecule has 1 fully saturated rings. The molecule has 31 heavy (non-hydrogen) atoms. The summed E-state index contributed by atoms with van der Waals surface area (Å²) in [7, 11) is 1.34. The molecule has 3 aromatic rings. The fraction of sp³-hybridized carbons (Fsp3) is 0.421. The van der Waals surface area contributed by atoms with E-state index in [1.54, 1.807) is 10.9 Å². The van der Waals surface area contributed by atoms with E-state index < -0.39 is 17.6 Å². The van der Waals surface area contributed by atoms with Crippen LogP contribution < -0.4 is 21.0 Å². The fourth-order valence-electron chi connectivity index (χ4n) is 3.45. The van der Waals surface area contributed by atoms with E-state index in [9.17, 15) is 14.7 Å². The Morgan fingerprint density at radius 1 is 1.35 bits per heavy atom. The van der Waals surface area contributed by atoms with Gasteiger partial charge in [-0.25, -0.2) is 9.48 Å². The number of hydrogen-bond donors (Lipinski definition) is 3. The summed E-state index contributed by atoms with van der Waals surface area (Å²) in [5.41, 5.74) is 0.365. The van der Waals surface area contributed by atoms with E-state index in [0.717, 1.165) is 36.3 Å². The minimum Gasteiger partial charge on any atom is -0.488 e. The first-order valence-electron chi connectivity index (χ1n) is 9.79. The third-order valence-corrected chi connectivity index (χ3v) is 5.87. The lowest BCUT2D eigenvalue weighted by molar-refractivity contribution is 0.0991. The van der Waals surface area contributed by atoms with Crippen LogP contribution in [0.3, 0.4) is 0 Å². The smallest absolute Gasteiger partial charge is 0.381 e. The normalized spacial score (nSPS) is 18.5. The van der Waals surface area contributed by atoms with Gasteiger partial charge in [-0.15, -0.1) is 10.2 Å². The summed E-state index contributed by atoms with van der Waals surface area (Å²) < 4.78 is 11.9. The minimum atomic E-state index is -0.798. The number of rotatable bonds is 6. The molecule has 2 atom stereocenters. The maximum Gasteiger partial charge on any atom is 0.381 e. The number of aliphatic hydroxyl groups excluding tert-OH is 1. The molecule has 0 bridgehead atoms. The average molecular weight is 446 g/mol. The maximum absolute atomic E-state index is 12.7. The molecule has 1 aliphatic rings. The van der Waals surface area contributed by atoms with Crippen molar-refractivity contribution < 1.29 is 19.1 Å². The molecule has 11 nitrogen and oxygen atoms in total. The van der Waals surface area contributed by atoms with Crippen molar-refractivity contribution in [2.24, 2.45) is 0 Å². The lowest BCUT2D eigenvalue weighted by Crippen LogP contribution is -2.36. The van der Waals surface area contributed by atoms with Crippen LogP contribution in [0.4, 0.5) is 10.8 Å². The van der Waals surface area contributed by atoms with Crippen LogP contribution in [0.1, 0.15) is 41.9 Å². The third-order valence-electron chi connectivity index (χ3n) is 5.05. The number of carbonyl (C=O) groups is 1. The molecule has 164 valence electrons. The first-order chi connectivity index (χ1) is 15.0. The minimum absolute atomic E-state index is 0.0540. The van der Waals surface area contributed by atoms with Gasteiger partial charge in [-0.2, -0.15) is 5.10 Å². The number of nitrogens with one attached hydrogen (secondary N) is 2. The SMILES string of the molecule is COc1c(N[C@H]2CCCC[C@H]2O)cc(C(=O)Nc2nnc(-n3nccc3C)s2)oc1=O. The second kappa shape index (κ2) is 8.86. The molecule has 1 saturated carbocycles. The van der Waals surface area contributed by atoms with Gasteiger partial charge in [0.15, 0.2) is 5.76 Å². The molecule has 12 heteroatoms. The summed E-state index contributed by atoms with van der Waals surface area (Å²) in [4.78, 5) is 25.1. The Morgan fingerprint density at radius 2 is 2.16 bits per heavy atom. The van der Waals surface area contributed by atoms with Gasteiger partial charge in [-0.05, 0) is 25.8 Å². The molecule has 0 saturated heterocycles. The zero-order valence-electron chi connectivity index (χ0n) is 17.0. The first kappa shape index (κ1) is 21.0. The first-order valence-corrected chi connectivity index (χ1v) is 10.6. The van der Waals surface area contributed by atoms with E-state index >= 15 is 0 Å². The van der Waals surface area contributed by atoms with Crippen molar-refractivity contribution in [3.05, 3.63) is 40.2 Å². The quantitative estimate of drug-likeness (QED) is 0.517. The van der Waals surface area contributed by atoms with Crippen LogP contribution in [0.25, 0.3) is 5.13 Å². The summed E-state index contributed by atoms with van der Waals surface area (Å²) >= 11 is 1.13. The number of methoxy groups -OCH3 is 1. The highest BCUT2D eigenvalue weighted by Crippen LogP contribution is 2.28. The van der Waals surface area contributed by atoms with Gasteiger partial charge >= 0.3 is 5.63 Å². The van der Waals surface area contributed by atoms with E-state index in [0.29, 0.717) is 17.2 Å². The van der Waals surface area contributed by atoms with Gasteiger partial charge in [0, 0.05) is 18.0 Å². The van der Waals surface area contributed by atoms with Crippen LogP contribution >= 0.6 is 11.3 Å². The van der Waals surface area contributed by atoms with Crippen molar-refractivity contribution in [1.82, 2.24) is 20.0 Å². The zero-order valence-corrected chi connectivity index (χ0v) is 17.8. The van der Waals surface area contributed by atoms with Gasteiger partial charge in [0.05, 0.1) is 24.9 Å². The molecule has 0 aromatic carbocycles. The lowest BCUT2D eigenvalue weighted by Gasteiger charge is -2.29. The molecule has 0 spiro atoms. The highest BCUT2D eigenvalue weighted by Gasteiger charge is 2.26. The summed E-state index contributed by atoms with van der Waals surface area (Å²) in [6.45, 7) is 1.87. The number of aliphatic hydroxyl groups is 1. The van der Waals surface area contributed by atoms with Crippen molar-refractivity contribution in [3.8, 4) is 10.9 Å². The van der Waals surface area contributed by atoms with Crippen LogP contribution in [0.5, 0.6) is 5.75 Å². The number of aryl methyl sites for hydroxylation is 1. The Hall–Kier alpha value is -3.25. The van der Waals surface area contributed by atoms with Gasteiger partial charge in [-0.1, -0.05) is 24.2 Å². The standard InChI is InChI=1S/C19H22N6O5S/c1-10-7-8-20-25(10)19-24-23-18(31-19)22-16(27)14-9-12(15(29-2)17(28)30-14)21-11-5-3-4-6-13(11)26/h7-9,11,13,21,26H,3-6H2,1-2H3,(H,22,23,27)/t11-,13+/m0/s1. The van der Waals surface area contributed by atoms with Crippen molar-refractivity contribution in [3.63, 3.8) is 0 Å². The third kappa shape index (κ3) is 4.44. The number of hydrogen-bond acceptors (Lipinski definition) is 10. The number of anilines is 2. The second-order valence-corrected chi connectivity index (χ2v) is 8.13. The Bertz CT molecular complexity index is 1140. The summed E-state index contributed by atoms with van der Waals surface area (Å²) in [5.74, 6) is -0.931. The molecule has 4 rings (SSSR count). The van der Waals surface area contributed by atoms with Crippen LogP contribution in [0, 0.1) is 6.92 Å². The van der Waals surface area contributed by atoms with Gasteiger partial charge in [0.2, 0.25) is 16.0 Å². The predicted molar refractivity (Wildman–Crippen MR) is 113 cm³/mol. The highest BCUT2D eigenvalue weighted by molar-refractivity contribution is 7.17. The van der Waals surface area contributed by atoms with E-state index in [4.69, 9.17) is 9.15 Å². The van der Waals surface area contributed by atoms with Gasteiger partial charge in [-0.3, -0.25) is 10.1 Å². The summed E-state index contributed by atoms with van der Waals surface area (Å²) in [6.07, 6.45) is 4.41. The molecule has 1 aliphatic carbocycles. The highest BCUT2D eigenvalue weighted by atomic mass is 32.1. The maximum atomic E-state index is 12.7. The average Bonchev–Trinajstić information content (AvgIpc) is 3.38. The molecule has 3 aromatic heterocycles. The van der Waals surface area contributed by atoms with E-state index in [1.165, 1.54) is 13.2 Å². The second-order valence-electron chi connectivity index (χ2n) is 7.18. The van der Waals surface area contributed by atoms with Gasteiger partial charge in [0.1, 0.15) is 0 Å². The monoisotopic (exact) mass is 446 g/mol. The number of aromatic nitrogens is 4. The van der Waals surface area contributed by atoms with Crippen molar-refractivity contribution in [1.29, 1.82) is 0 Å². The molecular weight excluding hydrogens is 424 g/mol. The van der Waals surface area contributed by atoms with E-state index in [1.807, 2.05) is 13.0 Å². The molecule has 3 heterocycles. The summed E-state index contributed by atoms with van der Waals surface area (Å²) in [5, 5.41) is 28.8. The van der Waals surface area contributed by atoms with Crippen molar-refractivity contribution >= 4 is 28.1 Å². The van der Waals surface area contributed by atoms with Gasteiger partial charge < -0.3 is 19.6 Å². The summed E-state index contributed by atoms with van der Waals surface area (Å²) in [6, 6.07) is 2.96. The predicted octanol–water partition coefficient (Wildman–Crippen LogP) is 1.96. The number of amides is 1. The van der Waals surface area contributed by atoms with Crippen molar-refractivity contribution in [2.75, 3.05) is 17.7 Å². The van der Waals surface area contributed by atoms with E-state index in [-0.39, 0.29) is 22.7 Å². The number of ether oxygens (including phenoxy) is 1. The number of carbonyl (C=O) groups excluding carboxylic acids is 1. The molecule has 3 N–H and O–H groups in total.